The Morgan fingerprint density at radius 1 is 1.19 bits per heavy atom. The molecule has 0 fully saturated rings. The van der Waals surface area contributed by atoms with Gasteiger partial charge in [-0.15, -0.1) is 0 Å². The van der Waals surface area contributed by atoms with Gasteiger partial charge in [0.1, 0.15) is 18.5 Å². The first kappa shape index (κ1) is 19.6. The molecule has 27 heavy (non-hydrogen) atoms. The number of hydrogen-bond acceptors (Lipinski definition) is 4. The van der Waals surface area contributed by atoms with E-state index < -0.39 is 6.10 Å². The van der Waals surface area contributed by atoms with Crippen molar-refractivity contribution in [1.82, 2.24) is 9.55 Å². The summed E-state index contributed by atoms with van der Waals surface area (Å²) >= 11 is 3.36. The first-order chi connectivity index (χ1) is 12.7. The number of hydrogen-bond donors (Lipinski definition) is 1. The summed E-state index contributed by atoms with van der Waals surface area (Å²) in [7, 11) is 0. The Kier molecular flexibility index (Phi) is 5.67. The Labute approximate surface area is 166 Å². The van der Waals surface area contributed by atoms with Gasteiger partial charge >= 0.3 is 0 Å². The molecule has 1 aromatic heterocycles. The molecule has 0 bridgehead atoms. The second kappa shape index (κ2) is 7.82. The van der Waals surface area contributed by atoms with Crippen LogP contribution in [0.15, 0.2) is 58.1 Å². The molecule has 3 aromatic rings. The number of halogens is 1. The van der Waals surface area contributed by atoms with Gasteiger partial charge in [-0.05, 0) is 41.3 Å². The van der Waals surface area contributed by atoms with Gasteiger partial charge in [-0.25, -0.2) is 4.98 Å². The standard InChI is InChI=1S/C21H23BrN2O3/c1-21(2,3)14-4-7-17(8-5-14)27-12-16(25)11-24-13-23-19-9-6-15(22)10-18(19)20(24)26/h4-10,13,16,25H,11-12H2,1-3H3. The van der Waals surface area contributed by atoms with Crippen molar-refractivity contribution >= 4 is 26.8 Å². The lowest BCUT2D eigenvalue weighted by molar-refractivity contribution is 0.0914. The lowest BCUT2D eigenvalue weighted by atomic mass is 9.87. The van der Waals surface area contributed by atoms with Crippen molar-refractivity contribution in [3.8, 4) is 5.75 Å². The van der Waals surface area contributed by atoms with E-state index in [1.807, 2.05) is 30.3 Å². The van der Waals surface area contributed by atoms with E-state index in [1.165, 1.54) is 16.5 Å². The summed E-state index contributed by atoms with van der Waals surface area (Å²) in [6, 6.07) is 13.2. The van der Waals surface area contributed by atoms with Crippen LogP contribution in [-0.4, -0.2) is 27.4 Å². The molecular weight excluding hydrogens is 408 g/mol. The molecule has 1 unspecified atom stereocenters. The Morgan fingerprint density at radius 3 is 2.56 bits per heavy atom. The smallest absolute Gasteiger partial charge is 0.261 e. The summed E-state index contributed by atoms with van der Waals surface area (Å²) in [6.07, 6.45) is 0.635. The minimum Gasteiger partial charge on any atom is -0.491 e. The summed E-state index contributed by atoms with van der Waals surface area (Å²) in [5, 5.41) is 10.8. The number of fused-ring (bicyclic) bond motifs is 1. The zero-order valence-corrected chi connectivity index (χ0v) is 17.2. The molecule has 0 aliphatic carbocycles. The van der Waals surface area contributed by atoms with Gasteiger partial charge in [0, 0.05) is 4.47 Å². The van der Waals surface area contributed by atoms with Crippen molar-refractivity contribution in [3.05, 3.63) is 69.2 Å². The minimum atomic E-state index is -0.823. The van der Waals surface area contributed by atoms with Crippen LogP contribution in [0, 0.1) is 0 Å². The molecule has 0 saturated carbocycles. The highest BCUT2D eigenvalue weighted by atomic mass is 79.9. The van der Waals surface area contributed by atoms with Crippen LogP contribution in [0.1, 0.15) is 26.3 Å². The second-order valence-corrected chi connectivity index (χ2v) is 8.52. The van der Waals surface area contributed by atoms with Crippen LogP contribution in [0.5, 0.6) is 5.75 Å². The molecule has 0 saturated heterocycles. The molecule has 5 nitrogen and oxygen atoms in total. The van der Waals surface area contributed by atoms with Gasteiger partial charge < -0.3 is 9.84 Å². The largest absolute Gasteiger partial charge is 0.491 e. The van der Waals surface area contributed by atoms with Gasteiger partial charge in [-0.1, -0.05) is 48.8 Å². The predicted molar refractivity (Wildman–Crippen MR) is 110 cm³/mol. The van der Waals surface area contributed by atoms with Crippen LogP contribution in [0.4, 0.5) is 0 Å². The molecule has 6 heteroatoms. The van der Waals surface area contributed by atoms with E-state index in [0.717, 1.165) is 4.47 Å². The van der Waals surface area contributed by atoms with Crippen LogP contribution in [-0.2, 0) is 12.0 Å². The molecule has 0 radical (unpaired) electrons. The first-order valence-electron chi connectivity index (χ1n) is 8.80. The van der Waals surface area contributed by atoms with Gasteiger partial charge in [0.2, 0.25) is 0 Å². The summed E-state index contributed by atoms with van der Waals surface area (Å²) in [6.45, 7) is 6.67. The maximum Gasteiger partial charge on any atom is 0.261 e. The van der Waals surface area contributed by atoms with E-state index in [1.54, 1.807) is 12.1 Å². The van der Waals surface area contributed by atoms with E-state index >= 15 is 0 Å². The lowest BCUT2D eigenvalue weighted by Gasteiger charge is -2.19. The fourth-order valence-corrected chi connectivity index (χ4v) is 3.15. The van der Waals surface area contributed by atoms with E-state index in [0.29, 0.717) is 16.7 Å². The van der Waals surface area contributed by atoms with Crippen LogP contribution in [0.25, 0.3) is 10.9 Å². The maximum atomic E-state index is 12.6. The molecule has 142 valence electrons. The van der Waals surface area contributed by atoms with Crippen LogP contribution >= 0.6 is 15.9 Å². The van der Waals surface area contributed by atoms with Crippen molar-refractivity contribution in [2.24, 2.45) is 0 Å². The summed E-state index contributed by atoms with van der Waals surface area (Å²) in [5.74, 6) is 0.690. The SMILES string of the molecule is CC(C)(C)c1ccc(OCC(O)Cn2cnc3ccc(Br)cc3c2=O)cc1. The average molecular weight is 431 g/mol. The molecule has 0 aliphatic rings. The fraction of sp³-hybridized carbons (Fsp3) is 0.333. The summed E-state index contributed by atoms with van der Waals surface area (Å²) in [4.78, 5) is 16.8. The average Bonchev–Trinajstić information content (AvgIpc) is 2.62. The lowest BCUT2D eigenvalue weighted by Crippen LogP contribution is -2.30. The van der Waals surface area contributed by atoms with Gasteiger partial charge in [-0.2, -0.15) is 0 Å². The third-order valence-electron chi connectivity index (χ3n) is 4.36. The van der Waals surface area contributed by atoms with Gasteiger partial charge in [0.05, 0.1) is 23.8 Å². The van der Waals surface area contributed by atoms with E-state index in [4.69, 9.17) is 4.74 Å². The number of benzene rings is 2. The number of aliphatic hydroxyl groups is 1. The topological polar surface area (TPSA) is 64.3 Å². The molecule has 1 N–H and O–H groups in total. The van der Waals surface area contributed by atoms with Crippen molar-refractivity contribution in [3.63, 3.8) is 0 Å². The first-order valence-corrected chi connectivity index (χ1v) is 9.59. The van der Waals surface area contributed by atoms with Crippen molar-refractivity contribution < 1.29 is 9.84 Å². The van der Waals surface area contributed by atoms with Crippen LogP contribution < -0.4 is 10.3 Å². The molecule has 0 spiro atoms. The number of aromatic nitrogens is 2. The highest BCUT2D eigenvalue weighted by molar-refractivity contribution is 9.10. The van der Waals surface area contributed by atoms with Crippen molar-refractivity contribution in [2.75, 3.05) is 6.61 Å². The predicted octanol–water partition coefficient (Wildman–Crippen LogP) is 3.90. The molecular formula is C21H23BrN2O3. The molecule has 2 aromatic carbocycles. The highest BCUT2D eigenvalue weighted by Crippen LogP contribution is 2.24. The van der Waals surface area contributed by atoms with Gasteiger partial charge in [0.15, 0.2) is 0 Å². The van der Waals surface area contributed by atoms with E-state index in [2.05, 4.69) is 41.7 Å². The molecule has 1 atom stereocenters. The van der Waals surface area contributed by atoms with E-state index in [9.17, 15) is 9.90 Å². The molecule has 0 aliphatic heterocycles. The third-order valence-corrected chi connectivity index (χ3v) is 4.85. The zero-order valence-electron chi connectivity index (χ0n) is 15.6. The maximum absolute atomic E-state index is 12.6. The van der Waals surface area contributed by atoms with E-state index in [-0.39, 0.29) is 24.1 Å². The van der Waals surface area contributed by atoms with Crippen molar-refractivity contribution in [2.45, 2.75) is 38.8 Å². The number of nitrogens with zero attached hydrogens (tertiary/aromatic N) is 2. The Balaban J connectivity index is 1.66. The van der Waals surface area contributed by atoms with Crippen molar-refractivity contribution in [1.29, 1.82) is 0 Å². The second-order valence-electron chi connectivity index (χ2n) is 7.60. The number of rotatable bonds is 5. The number of ether oxygens (including phenoxy) is 1. The quantitative estimate of drug-likeness (QED) is 0.666. The summed E-state index contributed by atoms with van der Waals surface area (Å²) in [5.41, 5.74) is 1.74. The van der Waals surface area contributed by atoms with Crippen LogP contribution in [0.3, 0.4) is 0 Å². The zero-order chi connectivity index (χ0) is 19.6. The Morgan fingerprint density at radius 2 is 1.89 bits per heavy atom. The highest BCUT2D eigenvalue weighted by Gasteiger charge is 2.14. The monoisotopic (exact) mass is 430 g/mol. The normalized spacial score (nSPS) is 12.9. The Bertz CT molecular complexity index is 991. The van der Waals surface area contributed by atoms with Gasteiger partial charge in [-0.3, -0.25) is 9.36 Å². The third kappa shape index (κ3) is 4.76. The Hall–Kier alpha value is -2.18. The fourth-order valence-electron chi connectivity index (χ4n) is 2.78. The summed E-state index contributed by atoms with van der Waals surface area (Å²) < 4.78 is 7.88. The van der Waals surface area contributed by atoms with Crippen LogP contribution in [0.2, 0.25) is 0 Å². The molecule has 1 heterocycles. The van der Waals surface area contributed by atoms with Gasteiger partial charge in [0.25, 0.3) is 5.56 Å². The molecule has 0 amide bonds. The number of aliphatic hydroxyl groups excluding tert-OH is 1. The molecule has 3 rings (SSSR count). The minimum absolute atomic E-state index is 0.0806.